The SMILES string of the molecule is CC(=O)Oc1cccc(C(=O)N[C@H]2CC[C@@H](Nc3cc(C(F)(F)F)nc4ccc(Cl)cc34)CC2)c1. The third kappa shape index (κ3) is 6.22. The Morgan fingerprint density at radius 3 is 2.43 bits per heavy atom. The molecule has 1 aliphatic rings. The van der Waals surface area contributed by atoms with Crippen molar-refractivity contribution in [1.82, 2.24) is 10.3 Å². The Morgan fingerprint density at radius 2 is 1.74 bits per heavy atom. The van der Waals surface area contributed by atoms with Crippen LogP contribution in [0.3, 0.4) is 0 Å². The summed E-state index contributed by atoms with van der Waals surface area (Å²) in [6.07, 6.45) is -1.95. The lowest BCUT2D eigenvalue weighted by Gasteiger charge is -2.30. The number of fused-ring (bicyclic) bond motifs is 1. The molecule has 0 bridgehead atoms. The van der Waals surface area contributed by atoms with Gasteiger partial charge in [0, 0.05) is 40.7 Å². The largest absolute Gasteiger partial charge is 0.433 e. The van der Waals surface area contributed by atoms with Crippen molar-refractivity contribution in [3.8, 4) is 5.75 Å². The smallest absolute Gasteiger partial charge is 0.427 e. The Hall–Kier alpha value is -3.33. The first-order valence-corrected chi connectivity index (χ1v) is 11.5. The number of nitrogens with zero attached hydrogens (tertiary/aromatic N) is 1. The van der Waals surface area contributed by atoms with Gasteiger partial charge in [-0.3, -0.25) is 9.59 Å². The van der Waals surface area contributed by atoms with Crippen LogP contribution in [0.25, 0.3) is 10.9 Å². The monoisotopic (exact) mass is 505 g/mol. The molecule has 1 aliphatic carbocycles. The van der Waals surface area contributed by atoms with Crippen molar-refractivity contribution in [2.24, 2.45) is 0 Å². The molecule has 1 aromatic heterocycles. The predicted molar refractivity (Wildman–Crippen MR) is 127 cm³/mol. The predicted octanol–water partition coefficient (Wildman–Crippen LogP) is 5.99. The van der Waals surface area contributed by atoms with E-state index in [0.29, 0.717) is 53.1 Å². The van der Waals surface area contributed by atoms with Gasteiger partial charge in [-0.2, -0.15) is 13.2 Å². The van der Waals surface area contributed by atoms with Gasteiger partial charge >= 0.3 is 12.1 Å². The normalized spacial score (nSPS) is 18.2. The fourth-order valence-electron chi connectivity index (χ4n) is 4.20. The van der Waals surface area contributed by atoms with Crippen LogP contribution in [0.2, 0.25) is 5.02 Å². The molecule has 1 heterocycles. The Balaban J connectivity index is 1.41. The van der Waals surface area contributed by atoms with Gasteiger partial charge in [0.15, 0.2) is 0 Å². The summed E-state index contributed by atoms with van der Waals surface area (Å²) in [7, 11) is 0. The van der Waals surface area contributed by atoms with Crippen LogP contribution in [0.4, 0.5) is 18.9 Å². The molecule has 0 unspecified atom stereocenters. The third-order valence-electron chi connectivity index (χ3n) is 5.84. The van der Waals surface area contributed by atoms with Gasteiger partial charge in [0.1, 0.15) is 11.4 Å². The van der Waals surface area contributed by atoms with Crippen LogP contribution in [-0.4, -0.2) is 28.9 Å². The molecule has 1 fully saturated rings. The third-order valence-corrected chi connectivity index (χ3v) is 6.08. The van der Waals surface area contributed by atoms with Crippen molar-refractivity contribution >= 4 is 40.1 Å². The molecule has 0 spiro atoms. The molecule has 0 saturated heterocycles. The number of aromatic nitrogens is 1. The number of esters is 1. The van der Waals surface area contributed by atoms with Crippen molar-refractivity contribution in [3.05, 3.63) is 64.8 Å². The van der Waals surface area contributed by atoms with E-state index in [4.69, 9.17) is 16.3 Å². The summed E-state index contributed by atoms with van der Waals surface area (Å²) in [5, 5.41) is 7.15. The number of nitrogens with one attached hydrogen (secondary N) is 2. The number of hydrogen-bond donors (Lipinski definition) is 2. The maximum Gasteiger partial charge on any atom is 0.433 e. The summed E-state index contributed by atoms with van der Waals surface area (Å²) in [4.78, 5) is 27.5. The average molecular weight is 506 g/mol. The van der Waals surface area contributed by atoms with Gasteiger partial charge in [0.25, 0.3) is 5.91 Å². The lowest BCUT2D eigenvalue weighted by Crippen LogP contribution is -2.40. The number of hydrogen-bond acceptors (Lipinski definition) is 5. The van der Waals surface area contributed by atoms with E-state index in [2.05, 4.69) is 15.6 Å². The Kier molecular flexibility index (Phi) is 7.16. The quantitative estimate of drug-likeness (QED) is 0.329. The molecule has 2 aromatic carbocycles. The van der Waals surface area contributed by atoms with E-state index in [1.54, 1.807) is 24.3 Å². The number of carbonyl (C=O) groups is 2. The lowest BCUT2D eigenvalue weighted by atomic mass is 9.90. The van der Waals surface area contributed by atoms with Gasteiger partial charge in [0.2, 0.25) is 0 Å². The highest BCUT2D eigenvalue weighted by Gasteiger charge is 2.34. The van der Waals surface area contributed by atoms with E-state index in [0.717, 1.165) is 6.07 Å². The summed E-state index contributed by atoms with van der Waals surface area (Å²) in [5.41, 5.74) is -0.0428. The average Bonchev–Trinajstić information content (AvgIpc) is 2.79. The standard InChI is InChI=1S/C25H23ClF3N3O3/c1-14(33)35-19-4-2-3-15(11-19)24(34)31-18-8-6-17(7-9-18)30-22-13-23(25(27,28)29)32-21-10-5-16(26)12-20(21)22/h2-5,10-13,17-18H,6-9H2,1H3,(H,30,32)(H,31,34)/t17-,18+. The summed E-state index contributed by atoms with van der Waals surface area (Å²) in [6, 6.07) is 11.8. The van der Waals surface area contributed by atoms with Crippen molar-refractivity contribution in [1.29, 1.82) is 0 Å². The number of anilines is 1. The van der Waals surface area contributed by atoms with E-state index in [9.17, 15) is 22.8 Å². The van der Waals surface area contributed by atoms with E-state index >= 15 is 0 Å². The molecule has 0 atom stereocenters. The van der Waals surface area contributed by atoms with Crippen LogP contribution >= 0.6 is 11.6 Å². The molecule has 1 amide bonds. The minimum atomic E-state index is -4.57. The molecule has 0 aliphatic heterocycles. The molecule has 1 saturated carbocycles. The summed E-state index contributed by atoms with van der Waals surface area (Å²) >= 11 is 6.07. The molecular weight excluding hydrogens is 483 g/mol. The number of pyridine rings is 1. The molecule has 6 nitrogen and oxygen atoms in total. The van der Waals surface area contributed by atoms with Gasteiger partial charge in [-0.05, 0) is 68.1 Å². The van der Waals surface area contributed by atoms with Gasteiger partial charge in [-0.15, -0.1) is 0 Å². The molecule has 3 aromatic rings. The minimum Gasteiger partial charge on any atom is -0.427 e. The van der Waals surface area contributed by atoms with Crippen LogP contribution in [0, 0.1) is 0 Å². The fraction of sp³-hybridized carbons (Fsp3) is 0.320. The molecule has 0 radical (unpaired) electrons. The Bertz CT molecular complexity index is 1260. The lowest BCUT2D eigenvalue weighted by molar-refractivity contribution is -0.141. The number of benzene rings is 2. The molecule has 184 valence electrons. The molecular formula is C25H23ClF3N3O3. The molecule has 10 heteroatoms. The summed E-state index contributed by atoms with van der Waals surface area (Å²) in [6.45, 7) is 1.28. The van der Waals surface area contributed by atoms with Gasteiger partial charge in [-0.1, -0.05) is 17.7 Å². The van der Waals surface area contributed by atoms with E-state index in [1.165, 1.54) is 25.1 Å². The van der Waals surface area contributed by atoms with Crippen LogP contribution < -0.4 is 15.4 Å². The van der Waals surface area contributed by atoms with Crippen LogP contribution in [0.5, 0.6) is 5.75 Å². The maximum absolute atomic E-state index is 13.4. The van der Waals surface area contributed by atoms with Crippen LogP contribution in [-0.2, 0) is 11.0 Å². The van der Waals surface area contributed by atoms with Gasteiger partial charge in [0.05, 0.1) is 5.52 Å². The van der Waals surface area contributed by atoms with Crippen molar-refractivity contribution in [3.63, 3.8) is 0 Å². The number of halogens is 4. The second-order valence-corrected chi connectivity index (χ2v) is 8.94. The highest BCUT2D eigenvalue weighted by Crippen LogP contribution is 2.35. The number of amides is 1. The van der Waals surface area contributed by atoms with Crippen molar-refractivity contribution in [2.75, 3.05) is 5.32 Å². The van der Waals surface area contributed by atoms with Crippen LogP contribution in [0.1, 0.15) is 48.7 Å². The van der Waals surface area contributed by atoms with E-state index in [1.807, 2.05) is 0 Å². The number of ether oxygens (including phenoxy) is 1. The van der Waals surface area contributed by atoms with Gasteiger partial charge < -0.3 is 15.4 Å². The van der Waals surface area contributed by atoms with E-state index in [-0.39, 0.29) is 23.5 Å². The zero-order valence-electron chi connectivity index (χ0n) is 18.8. The number of carbonyl (C=O) groups excluding carboxylic acids is 2. The first-order chi connectivity index (χ1) is 16.6. The first-order valence-electron chi connectivity index (χ1n) is 11.1. The topological polar surface area (TPSA) is 80.3 Å². The van der Waals surface area contributed by atoms with Crippen molar-refractivity contribution in [2.45, 2.75) is 50.9 Å². The zero-order chi connectivity index (χ0) is 25.2. The zero-order valence-corrected chi connectivity index (χ0v) is 19.5. The molecule has 35 heavy (non-hydrogen) atoms. The Morgan fingerprint density at radius 1 is 1.03 bits per heavy atom. The van der Waals surface area contributed by atoms with Gasteiger partial charge in [-0.25, -0.2) is 4.98 Å². The highest BCUT2D eigenvalue weighted by molar-refractivity contribution is 6.31. The molecule has 4 rings (SSSR count). The number of alkyl halides is 3. The minimum absolute atomic E-state index is 0.0684. The second kappa shape index (κ2) is 10.1. The molecule has 2 N–H and O–H groups in total. The fourth-order valence-corrected chi connectivity index (χ4v) is 4.37. The van der Waals surface area contributed by atoms with Crippen LogP contribution in [0.15, 0.2) is 48.5 Å². The Labute approximate surface area is 204 Å². The second-order valence-electron chi connectivity index (χ2n) is 8.50. The summed E-state index contributed by atoms with van der Waals surface area (Å²) in [5.74, 6) is -0.457. The maximum atomic E-state index is 13.4. The first kappa shape index (κ1) is 24.8. The van der Waals surface area contributed by atoms with E-state index < -0.39 is 17.8 Å². The van der Waals surface area contributed by atoms with Crippen molar-refractivity contribution < 1.29 is 27.5 Å². The highest BCUT2D eigenvalue weighted by atomic mass is 35.5. The summed E-state index contributed by atoms with van der Waals surface area (Å²) < 4.78 is 45.1. The number of rotatable bonds is 5.